The van der Waals surface area contributed by atoms with Crippen LogP contribution in [0.25, 0.3) is 0 Å². The van der Waals surface area contributed by atoms with E-state index >= 15 is 0 Å². The molecule has 1 unspecified atom stereocenters. The van der Waals surface area contributed by atoms with E-state index in [0.29, 0.717) is 5.56 Å². The molecule has 3 heteroatoms. The highest BCUT2D eigenvalue weighted by Crippen LogP contribution is 2.23. The van der Waals surface area contributed by atoms with Gasteiger partial charge in [0.25, 0.3) is 5.91 Å². The fraction of sp³-hybridized carbons (Fsp3) is 0.381. The van der Waals surface area contributed by atoms with Crippen molar-refractivity contribution in [3.8, 4) is 5.75 Å². The Morgan fingerprint density at radius 2 is 1.79 bits per heavy atom. The van der Waals surface area contributed by atoms with E-state index in [1.54, 1.807) is 0 Å². The quantitative estimate of drug-likeness (QED) is 0.798. The van der Waals surface area contributed by atoms with Gasteiger partial charge in [-0.2, -0.15) is 0 Å². The molecular formula is C21H27NO2. The third-order valence-electron chi connectivity index (χ3n) is 4.02. The number of ether oxygens (including phenoxy) is 1. The lowest BCUT2D eigenvalue weighted by molar-refractivity contribution is 0.102. The summed E-state index contributed by atoms with van der Waals surface area (Å²) in [5.74, 6) is 0.654. The molecule has 0 aromatic heterocycles. The van der Waals surface area contributed by atoms with Crippen molar-refractivity contribution in [1.82, 2.24) is 0 Å². The smallest absolute Gasteiger partial charge is 0.255 e. The zero-order chi connectivity index (χ0) is 17.7. The number of hydrogen-bond donors (Lipinski definition) is 1. The van der Waals surface area contributed by atoms with Crippen LogP contribution in [-0.4, -0.2) is 12.0 Å². The predicted molar refractivity (Wildman–Crippen MR) is 99.9 cm³/mol. The maximum Gasteiger partial charge on any atom is 0.255 e. The SMILES string of the molecule is CCC(C)Oc1cccc(NC(=O)c2ccc(C(C)(C)C)cc2)c1. The van der Waals surface area contributed by atoms with E-state index < -0.39 is 0 Å². The van der Waals surface area contributed by atoms with Gasteiger partial charge < -0.3 is 10.1 Å². The van der Waals surface area contributed by atoms with Gasteiger partial charge in [0.1, 0.15) is 5.75 Å². The third kappa shape index (κ3) is 4.85. The second-order valence-corrected chi connectivity index (χ2v) is 7.15. The van der Waals surface area contributed by atoms with Gasteiger partial charge in [-0.25, -0.2) is 0 Å². The van der Waals surface area contributed by atoms with Crippen molar-refractivity contribution in [2.24, 2.45) is 0 Å². The number of nitrogens with one attached hydrogen (secondary N) is 1. The molecule has 24 heavy (non-hydrogen) atoms. The fourth-order valence-corrected chi connectivity index (χ4v) is 2.29. The third-order valence-corrected chi connectivity index (χ3v) is 4.02. The van der Waals surface area contributed by atoms with Crippen molar-refractivity contribution in [1.29, 1.82) is 0 Å². The minimum Gasteiger partial charge on any atom is -0.491 e. The molecule has 2 rings (SSSR count). The summed E-state index contributed by atoms with van der Waals surface area (Å²) >= 11 is 0. The monoisotopic (exact) mass is 325 g/mol. The van der Waals surface area contributed by atoms with Gasteiger partial charge in [-0.1, -0.05) is 45.9 Å². The van der Waals surface area contributed by atoms with E-state index in [0.717, 1.165) is 17.9 Å². The zero-order valence-corrected chi connectivity index (χ0v) is 15.2. The van der Waals surface area contributed by atoms with Crippen molar-refractivity contribution in [2.45, 2.75) is 52.6 Å². The van der Waals surface area contributed by atoms with E-state index in [2.05, 4.69) is 33.0 Å². The Kier molecular flexibility index (Phi) is 5.66. The Hall–Kier alpha value is -2.29. The van der Waals surface area contributed by atoms with E-state index in [1.807, 2.05) is 55.5 Å². The molecule has 2 aromatic carbocycles. The van der Waals surface area contributed by atoms with E-state index in [1.165, 1.54) is 5.56 Å². The summed E-state index contributed by atoms with van der Waals surface area (Å²) in [5, 5.41) is 2.93. The predicted octanol–water partition coefficient (Wildman–Crippen LogP) is 5.41. The molecule has 0 saturated heterocycles. The first-order chi connectivity index (χ1) is 11.3. The van der Waals surface area contributed by atoms with Crippen LogP contribution in [0.4, 0.5) is 5.69 Å². The minimum absolute atomic E-state index is 0.0800. The van der Waals surface area contributed by atoms with Crippen LogP contribution in [0.5, 0.6) is 5.75 Å². The molecule has 0 aliphatic carbocycles. The first-order valence-electron chi connectivity index (χ1n) is 8.48. The van der Waals surface area contributed by atoms with Crippen LogP contribution >= 0.6 is 0 Å². The van der Waals surface area contributed by atoms with Gasteiger partial charge in [-0.05, 0) is 48.6 Å². The Balaban J connectivity index is 2.08. The van der Waals surface area contributed by atoms with Crippen molar-refractivity contribution in [3.05, 3.63) is 59.7 Å². The van der Waals surface area contributed by atoms with Gasteiger partial charge in [0.2, 0.25) is 0 Å². The fourth-order valence-electron chi connectivity index (χ4n) is 2.29. The van der Waals surface area contributed by atoms with Crippen LogP contribution in [0.2, 0.25) is 0 Å². The molecular weight excluding hydrogens is 298 g/mol. The molecule has 0 aliphatic rings. The average molecular weight is 325 g/mol. The minimum atomic E-state index is -0.115. The van der Waals surface area contributed by atoms with Gasteiger partial charge in [0.05, 0.1) is 6.10 Å². The maximum atomic E-state index is 12.4. The number of carbonyl (C=O) groups is 1. The molecule has 1 atom stereocenters. The van der Waals surface area contributed by atoms with Crippen LogP contribution in [0, 0.1) is 0 Å². The van der Waals surface area contributed by atoms with Gasteiger partial charge >= 0.3 is 0 Å². The Morgan fingerprint density at radius 1 is 1.12 bits per heavy atom. The summed E-state index contributed by atoms with van der Waals surface area (Å²) in [6, 6.07) is 15.3. The second-order valence-electron chi connectivity index (χ2n) is 7.15. The molecule has 0 saturated carbocycles. The first kappa shape index (κ1) is 18.1. The van der Waals surface area contributed by atoms with E-state index in [9.17, 15) is 4.79 Å². The summed E-state index contributed by atoms with van der Waals surface area (Å²) in [6.45, 7) is 10.6. The standard InChI is InChI=1S/C21H27NO2/c1-6-15(2)24-19-9-7-8-18(14-19)22-20(23)16-10-12-17(13-11-16)21(3,4)5/h7-15H,6H2,1-5H3,(H,22,23). The molecule has 0 fully saturated rings. The van der Waals surface area contributed by atoms with Crippen LogP contribution in [-0.2, 0) is 5.41 Å². The molecule has 0 heterocycles. The summed E-state index contributed by atoms with van der Waals surface area (Å²) in [7, 11) is 0. The Bertz CT molecular complexity index is 684. The lowest BCUT2D eigenvalue weighted by Gasteiger charge is -2.19. The molecule has 128 valence electrons. The largest absolute Gasteiger partial charge is 0.491 e. The lowest BCUT2D eigenvalue weighted by Crippen LogP contribution is -2.14. The number of rotatable bonds is 5. The molecule has 1 N–H and O–H groups in total. The van der Waals surface area contributed by atoms with Crippen LogP contribution < -0.4 is 10.1 Å². The van der Waals surface area contributed by atoms with Crippen molar-refractivity contribution >= 4 is 11.6 Å². The van der Waals surface area contributed by atoms with Crippen molar-refractivity contribution in [3.63, 3.8) is 0 Å². The van der Waals surface area contributed by atoms with Crippen LogP contribution in [0.3, 0.4) is 0 Å². The van der Waals surface area contributed by atoms with E-state index in [4.69, 9.17) is 4.74 Å². The van der Waals surface area contributed by atoms with Gasteiger partial charge in [-0.15, -0.1) is 0 Å². The molecule has 0 bridgehead atoms. The summed E-state index contributed by atoms with van der Waals surface area (Å²) in [6.07, 6.45) is 1.09. The van der Waals surface area contributed by atoms with Gasteiger partial charge in [0, 0.05) is 17.3 Å². The second kappa shape index (κ2) is 7.52. The highest BCUT2D eigenvalue weighted by molar-refractivity contribution is 6.04. The molecule has 0 radical (unpaired) electrons. The summed E-state index contributed by atoms with van der Waals surface area (Å²) in [4.78, 5) is 12.4. The van der Waals surface area contributed by atoms with Gasteiger partial charge in [0.15, 0.2) is 0 Å². The molecule has 3 nitrogen and oxygen atoms in total. The topological polar surface area (TPSA) is 38.3 Å². The van der Waals surface area contributed by atoms with Gasteiger partial charge in [-0.3, -0.25) is 4.79 Å². The van der Waals surface area contributed by atoms with E-state index in [-0.39, 0.29) is 17.4 Å². The van der Waals surface area contributed by atoms with Crippen molar-refractivity contribution in [2.75, 3.05) is 5.32 Å². The maximum absolute atomic E-state index is 12.4. The molecule has 0 spiro atoms. The number of anilines is 1. The molecule has 1 amide bonds. The van der Waals surface area contributed by atoms with Crippen molar-refractivity contribution < 1.29 is 9.53 Å². The normalized spacial score (nSPS) is 12.5. The summed E-state index contributed by atoms with van der Waals surface area (Å²) < 4.78 is 5.79. The number of hydrogen-bond acceptors (Lipinski definition) is 2. The highest BCUT2D eigenvalue weighted by atomic mass is 16.5. The number of carbonyl (C=O) groups excluding carboxylic acids is 1. The molecule has 2 aromatic rings. The lowest BCUT2D eigenvalue weighted by atomic mass is 9.87. The summed E-state index contributed by atoms with van der Waals surface area (Å²) in [5.41, 5.74) is 2.68. The van der Waals surface area contributed by atoms with Crippen LogP contribution in [0.15, 0.2) is 48.5 Å². The van der Waals surface area contributed by atoms with Crippen LogP contribution in [0.1, 0.15) is 57.0 Å². The molecule has 0 aliphatic heterocycles. The zero-order valence-electron chi connectivity index (χ0n) is 15.2. The Morgan fingerprint density at radius 3 is 2.38 bits per heavy atom. The number of amides is 1. The highest BCUT2D eigenvalue weighted by Gasteiger charge is 2.14. The number of benzene rings is 2. The average Bonchev–Trinajstić information content (AvgIpc) is 2.54. The Labute approximate surface area is 145 Å². The first-order valence-corrected chi connectivity index (χ1v) is 8.48.